The van der Waals surface area contributed by atoms with E-state index in [-0.39, 0.29) is 37.2 Å². The number of hydrogen-bond donors (Lipinski definition) is 2. The highest BCUT2D eigenvalue weighted by molar-refractivity contribution is 5.85. The molecule has 1 fully saturated rings. The Bertz CT molecular complexity index is 763. The van der Waals surface area contributed by atoms with Crippen molar-refractivity contribution in [3.8, 4) is 11.5 Å². The average Bonchev–Trinajstić information content (AvgIpc) is 2.95. The van der Waals surface area contributed by atoms with Crippen LogP contribution >= 0.6 is 24.8 Å². The number of benzene rings is 1. The van der Waals surface area contributed by atoms with Crippen molar-refractivity contribution < 1.29 is 22.7 Å². The van der Waals surface area contributed by atoms with Crippen molar-refractivity contribution in [2.45, 2.75) is 24.9 Å². The van der Waals surface area contributed by atoms with Crippen LogP contribution in [0.3, 0.4) is 0 Å². The highest BCUT2D eigenvalue weighted by Gasteiger charge is 2.42. The van der Waals surface area contributed by atoms with Crippen molar-refractivity contribution in [2.24, 2.45) is 0 Å². The SMILES string of the molecule is Cl.Cl.O=C(NCc1cc(Oc2ccc(F)cc2)ccn1)C1CC(F)(F)CN1. The monoisotopic (exact) mass is 423 g/mol. The van der Waals surface area contributed by atoms with Crippen LogP contribution in [0.2, 0.25) is 0 Å². The van der Waals surface area contributed by atoms with Crippen LogP contribution in [0.1, 0.15) is 12.1 Å². The van der Waals surface area contributed by atoms with E-state index >= 15 is 0 Å². The molecule has 1 saturated heterocycles. The zero-order valence-corrected chi connectivity index (χ0v) is 15.6. The number of nitrogens with one attached hydrogen (secondary N) is 2. The third-order valence-electron chi connectivity index (χ3n) is 3.71. The zero-order valence-electron chi connectivity index (χ0n) is 14.0. The van der Waals surface area contributed by atoms with E-state index in [1.165, 1.54) is 30.5 Å². The second kappa shape index (κ2) is 9.77. The van der Waals surface area contributed by atoms with E-state index in [1.807, 2.05) is 0 Å². The van der Waals surface area contributed by atoms with Crippen LogP contribution in [0.5, 0.6) is 11.5 Å². The molecule has 1 aliphatic heterocycles. The Balaban J connectivity index is 0.00000182. The molecular weight excluding hydrogens is 406 g/mol. The second-order valence-corrected chi connectivity index (χ2v) is 5.75. The summed E-state index contributed by atoms with van der Waals surface area (Å²) < 4.78 is 44.7. The summed E-state index contributed by atoms with van der Waals surface area (Å²) in [5.41, 5.74) is 0.512. The summed E-state index contributed by atoms with van der Waals surface area (Å²) in [5, 5.41) is 5.07. The molecule has 1 atom stereocenters. The third-order valence-corrected chi connectivity index (χ3v) is 3.71. The minimum absolute atomic E-state index is 0. The molecule has 0 spiro atoms. The molecule has 3 rings (SSSR count). The molecule has 1 aromatic heterocycles. The number of hydrogen-bond acceptors (Lipinski definition) is 4. The first-order valence-electron chi connectivity index (χ1n) is 7.69. The lowest BCUT2D eigenvalue weighted by molar-refractivity contribution is -0.123. The Labute approximate surface area is 166 Å². The largest absolute Gasteiger partial charge is 0.457 e. The maximum Gasteiger partial charge on any atom is 0.262 e. The van der Waals surface area contributed by atoms with E-state index in [4.69, 9.17) is 4.74 Å². The maximum absolute atomic E-state index is 13.1. The molecule has 0 radical (unpaired) electrons. The van der Waals surface area contributed by atoms with Crippen LogP contribution in [0.4, 0.5) is 13.2 Å². The normalized spacial score (nSPS) is 17.4. The summed E-state index contributed by atoms with van der Waals surface area (Å²) in [4.78, 5) is 16.0. The topological polar surface area (TPSA) is 63.2 Å². The van der Waals surface area contributed by atoms with E-state index < -0.39 is 30.8 Å². The third kappa shape index (κ3) is 6.57. The van der Waals surface area contributed by atoms with Crippen LogP contribution in [-0.2, 0) is 11.3 Å². The summed E-state index contributed by atoms with van der Waals surface area (Å²) >= 11 is 0. The lowest BCUT2D eigenvalue weighted by Crippen LogP contribution is -2.40. The van der Waals surface area contributed by atoms with Gasteiger partial charge < -0.3 is 10.1 Å². The number of aromatic nitrogens is 1. The van der Waals surface area contributed by atoms with E-state index in [0.29, 0.717) is 17.2 Å². The summed E-state index contributed by atoms with van der Waals surface area (Å²) in [7, 11) is 0. The van der Waals surface area contributed by atoms with Gasteiger partial charge in [0, 0.05) is 18.7 Å². The number of alkyl halides is 2. The Morgan fingerprint density at radius 1 is 1.22 bits per heavy atom. The Morgan fingerprint density at radius 3 is 2.56 bits per heavy atom. The summed E-state index contributed by atoms with van der Waals surface area (Å²) in [6, 6.07) is 7.86. The van der Waals surface area contributed by atoms with Crippen LogP contribution in [0, 0.1) is 5.82 Å². The van der Waals surface area contributed by atoms with Crippen LogP contribution in [-0.4, -0.2) is 29.4 Å². The van der Waals surface area contributed by atoms with Gasteiger partial charge in [-0.1, -0.05) is 0 Å². The number of carbonyl (C=O) groups is 1. The molecule has 0 aliphatic carbocycles. The fourth-order valence-electron chi connectivity index (χ4n) is 2.46. The second-order valence-electron chi connectivity index (χ2n) is 5.75. The standard InChI is InChI=1S/C17H16F3N3O2.2ClH/c18-11-1-3-13(4-2-11)25-14-5-6-21-12(7-14)9-22-16(24)15-8-17(19,20)10-23-15;;/h1-7,15,23H,8-10H2,(H,22,24);2*1H. The number of carbonyl (C=O) groups excluding carboxylic acids is 1. The predicted molar refractivity (Wildman–Crippen MR) is 98.4 cm³/mol. The van der Waals surface area contributed by atoms with Gasteiger partial charge in [-0.3, -0.25) is 15.1 Å². The first-order valence-corrected chi connectivity index (χ1v) is 7.69. The Morgan fingerprint density at radius 2 is 1.93 bits per heavy atom. The van der Waals surface area contributed by atoms with Gasteiger partial charge in [0.2, 0.25) is 5.91 Å². The molecule has 148 valence electrons. The molecule has 1 unspecified atom stereocenters. The lowest BCUT2D eigenvalue weighted by Gasteiger charge is -2.11. The summed E-state index contributed by atoms with van der Waals surface area (Å²) in [5.74, 6) is -2.79. The molecular formula is C17H18Cl2F3N3O2. The van der Waals surface area contributed by atoms with Gasteiger partial charge in [0.15, 0.2) is 0 Å². The molecule has 5 nitrogen and oxygen atoms in total. The molecule has 0 bridgehead atoms. The molecule has 2 aromatic rings. The smallest absolute Gasteiger partial charge is 0.262 e. The number of nitrogens with zero attached hydrogens (tertiary/aromatic N) is 1. The highest BCUT2D eigenvalue weighted by Crippen LogP contribution is 2.25. The van der Waals surface area contributed by atoms with Gasteiger partial charge in [0.25, 0.3) is 5.92 Å². The van der Waals surface area contributed by atoms with E-state index in [1.54, 1.807) is 12.1 Å². The van der Waals surface area contributed by atoms with E-state index in [9.17, 15) is 18.0 Å². The van der Waals surface area contributed by atoms with E-state index in [2.05, 4.69) is 15.6 Å². The van der Waals surface area contributed by atoms with Gasteiger partial charge in [-0.25, -0.2) is 13.2 Å². The average molecular weight is 424 g/mol. The van der Waals surface area contributed by atoms with Gasteiger partial charge in [0.1, 0.15) is 17.3 Å². The van der Waals surface area contributed by atoms with Crippen molar-refractivity contribution in [3.63, 3.8) is 0 Å². The predicted octanol–water partition coefficient (Wildman–Crippen LogP) is 3.47. The van der Waals surface area contributed by atoms with Crippen molar-refractivity contribution in [1.82, 2.24) is 15.6 Å². The zero-order chi connectivity index (χ0) is 17.9. The summed E-state index contributed by atoms with van der Waals surface area (Å²) in [6.07, 6.45) is 0.988. The highest BCUT2D eigenvalue weighted by atomic mass is 35.5. The van der Waals surface area contributed by atoms with Gasteiger partial charge >= 0.3 is 0 Å². The van der Waals surface area contributed by atoms with Crippen molar-refractivity contribution in [3.05, 3.63) is 54.1 Å². The molecule has 2 N–H and O–H groups in total. The number of ether oxygens (including phenoxy) is 1. The van der Waals surface area contributed by atoms with Gasteiger partial charge in [0.05, 0.1) is 24.8 Å². The number of amides is 1. The molecule has 0 saturated carbocycles. The van der Waals surface area contributed by atoms with Gasteiger partial charge in [-0.15, -0.1) is 24.8 Å². The van der Waals surface area contributed by atoms with Crippen LogP contribution in [0.25, 0.3) is 0 Å². The van der Waals surface area contributed by atoms with Crippen molar-refractivity contribution in [1.29, 1.82) is 0 Å². The molecule has 27 heavy (non-hydrogen) atoms. The van der Waals surface area contributed by atoms with Crippen LogP contribution < -0.4 is 15.4 Å². The van der Waals surface area contributed by atoms with Gasteiger partial charge in [-0.05, 0) is 30.3 Å². The number of halogens is 5. The molecule has 10 heteroatoms. The quantitative estimate of drug-likeness (QED) is 0.772. The fraction of sp³-hybridized carbons (Fsp3) is 0.294. The first kappa shape index (κ1) is 23.0. The molecule has 1 amide bonds. The summed E-state index contributed by atoms with van der Waals surface area (Å²) in [6.45, 7) is -0.409. The molecule has 1 aromatic carbocycles. The number of rotatable bonds is 5. The number of pyridine rings is 1. The molecule has 1 aliphatic rings. The van der Waals surface area contributed by atoms with E-state index in [0.717, 1.165) is 0 Å². The van der Waals surface area contributed by atoms with Crippen molar-refractivity contribution in [2.75, 3.05) is 6.54 Å². The Hall–Kier alpha value is -2.03. The van der Waals surface area contributed by atoms with Crippen molar-refractivity contribution >= 4 is 30.7 Å². The lowest BCUT2D eigenvalue weighted by atomic mass is 10.2. The molecule has 2 heterocycles. The minimum atomic E-state index is -2.86. The fourth-order valence-corrected chi connectivity index (χ4v) is 2.46. The van der Waals surface area contributed by atoms with Gasteiger partial charge in [-0.2, -0.15) is 0 Å². The minimum Gasteiger partial charge on any atom is -0.457 e. The first-order chi connectivity index (χ1) is 11.9. The maximum atomic E-state index is 13.1. The van der Waals surface area contributed by atoms with Crippen LogP contribution in [0.15, 0.2) is 42.6 Å². The Kier molecular flexibility index (Phi) is 8.33.